The van der Waals surface area contributed by atoms with Gasteiger partial charge >= 0.3 is 6.09 Å². The molecule has 1 saturated heterocycles. The van der Waals surface area contributed by atoms with E-state index in [1.54, 1.807) is 6.92 Å². The van der Waals surface area contributed by atoms with E-state index >= 15 is 0 Å². The summed E-state index contributed by atoms with van der Waals surface area (Å²) >= 11 is 13.3. The molecule has 1 atom stereocenters. The first-order chi connectivity index (χ1) is 15.8. The van der Waals surface area contributed by atoms with Gasteiger partial charge in [0.2, 0.25) is 0 Å². The number of fused-ring (bicyclic) bond motifs is 1. The standard InChI is InChI=1S/C22H21Cl2F2N3O3S/c1-12(19-13(23)4-5-14(25)20(19)24)32-17-11-18-16(10-15(17)26)27-21(33-18)28-22(30)31-9-8-29-6-2-3-7-29/h4-5,10-12H,2-3,6-9H2,1H3,(H,27,28,30). The number of aromatic nitrogens is 1. The minimum atomic E-state index is -0.816. The lowest BCUT2D eigenvalue weighted by atomic mass is 10.1. The summed E-state index contributed by atoms with van der Waals surface area (Å²) in [7, 11) is 0. The number of rotatable bonds is 7. The van der Waals surface area contributed by atoms with Gasteiger partial charge in [0.1, 0.15) is 18.5 Å². The lowest BCUT2D eigenvalue weighted by Gasteiger charge is -2.18. The lowest BCUT2D eigenvalue weighted by Crippen LogP contribution is -2.26. The van der Waals surface area contributed by atoms with Crippen LogP contribution in [0.1, 0.15) is 31.4 Å². The predicted octanol–water partition coefficient (Wildman–Crippen LogP) is 6.67. The van der Waals surface area contributed by atoms with Crippen LogP contribution in [0.5, 0.6) is 5.75 Å². The van der Waals surface area contributed by atoms with E-state index in [-0.39, 0.29) is 33.1 Å². The molecule has 33 heavy (non-hydrogen) atoms. The Bertz CT molecular complexity index is 1170. The maximum atomic E-state index is 14.6. The summed E-state index contributed by atoms with van der Waals surface area (Å²) < 4.78 is 40.0. The molecule has 1 aliphatic rings. The van der Waals surface area contributed by atoms with Crippen LogP contribution in [0.25, 0.3) is 10.2 Å². The molecule has 4 rings (SSSR count). The number of hydrogen-bond acceptors (Lipinski definition) is 6. The van der Waals surface area contributed by atoms with E-state index in [1.165, 1.54) is 31.0 Å². The van der Waals surface area contributed by atoms with Crippen LogP contribution in [0.2, 0.25) is 10.0 Å². The molecule has 1 aliphatic heterocycles. The molecular formula is C22H21Cl2F2N3O3S. The van der Waals surface area contributed by atoms with Gasteiger partial charge in [-0.3, -0.25) is 10.2 Å². The number of carbonyl (C=O) groups is 1. The Morgan fingerprint density at radius 1 is 1.24 bits per heavy atom. The number of amides is 1. The maximum Gasteiger partial charge on any atom is 0.413 e. The average Bonchev–Trinajstić information content (AvgIpc) is 3.40. The van der Waals surface area contributed by atoms with Crippen molar-refractivity contribution in [3.8, 4) is 5.75 Å². The number of thiazole rings is 1. The molecule has 1 N–H and O–H groups in total. The van der Waals surface area contributed by atoms with Crippen molar-refractivity contribution in [3.05, 3.63) is 51.5 Å². The van der Waals surface area contributed by atoms with Crippen LogP contribution in [0, 0.1) is 11.6 Å². The SMILES string of the molecule is CC(Oc1cc2sc(NC(=O)OCCN3CCCC3)nc2cc1F)c1c(Cl)ccc(F)c1Cl. The van der Waals surface area contributed by atoms with Gasteiger partial charge in [0.25, 0.3) is 0 Å². The second-order valence-electron chi connectivity index (χ2n) is 7.60. The first kappa shape index (κ1) is 23.9. The van der Waals surface area contributed by atoms with Gasteiger partial charge in [0.15, 0.2) is 16.7 Å². The van der Waals surface area contributed by atoms with Gasteiger partial charge in [0, 0.05) is 29.3 Å². The fourth-order valence-electron chi connectivity index (χ4n) is 3.64. The van der Waals surface area contributed by atoms with Crippen molar-refractivity contribution in [2.45, 2.75) is 25.9 Å². The number of benzene rings is 2. The molecule has 0 saturated carbocycles. The summed E-state index contributed by atoms with van der Waals surface area (Å²) in [6.07, 6.45) is 0.903. The average molecular weight is 516 g/mol. The summed E-state index contributed by atoms with van der Waals surface area (Å²) in [6, 6.07) is 5.18. The molecule has 1 unspecified atom stereocenters. The highest BCUT2D eigenvalue weighted by atomic mass is 35.5. The van der Waals surface area contributed by atoms with Gasteiger partial charge in [-0.1, -0.05) is 34.5 Å². The van der Waals surface area contributed by atoms with Crippen LogP contribution in [0.3, 0.4) is 0 Å². The molecule has 0 bridgehead atoms. The lowest BCUT2D eigenvalue weighted by molar-refractivity contribution is 0.146. The van der Waals surface area contributed by atoms with Crippen molar-refractivity contribution < 1.29 is 23.0 Å². The molecule has 0 spiro atoms. The van der Waals surface area contributed by atoms with Gasteiger partial charge in [-0.2, -0.15) is 0 Å². The third-order valence-corrected chi connectivity index (χ3v) is 6.93. The molecule has 11 heteroatoms. The third-order valence-electron chi connectivity index (χ3n) is 5.28. The van der Waals surface area contributed by atoms with E-state index in [2.05, 4.69) is 15.2 Å². The van der Waals surface area contributed by atoms with Crippen LogP contribution >= 0.6 is 34.5 Å². The molecule has 2 heterocycles. The van der Waals surface area contributed by atoms with Gasteiger partial charge in [0.05, 0.1) is 15.2 Å². The van der Waals surface area contributed by atoms with Crippen LogP contribution in [-0.4, -0.2) is 42.2 Å². The number of anilines is 1. The Morgan fingerprint density at radius 3 is 2.76 bits per heavy atom. The number of nitrogens with one attached hydrogen (secondary N) is 1. The summed E-state index contributed by atoms with van der Waals surface area (Å²) in [5.41, 5.74) is 0.577. The summed E-state index contributed by atoms with van der Waals surface area (Å²) in [5.74, 6) is -1.38. The highest BCUT2D eigenvalue weighted by Gasteiger charge is 2.21. The Kier molecular flexibility index (Phi) is 7.53. The molecular weight excluding hydrogens is 495 g/mol. The van der Waals surface area contributed by atoms with E-state index in [0.717, 1.165) is 30.5 Å². The molecule has 1 aromatic heterocycles. The minimum Gasteiger partial charge on any atom is -0.483 e. The van der Waals surface area contributed by atoms with E-state index in [9.17, 15) is 13.6 Å². The zero-order valence-corrected chi connectivity index (χ0v) is 20.0. The quantitative estimate of drug-likeness (QED) is 0.356. The number of hydrogen-bond donors (Lipinski definition) is 1. The maximum absolute atomic E-state index is 14.6. The van der Waals surface area contributed by atoms with Crippen molar-refractivity contribution in [3.63, 3.8) is 0 Å². The summed E-state index contributed by atoms with van der Waals surface area (Å²) in [4.78, 5) is 18.5. The Morgan fingerprint density at radius 2 is 2.00 bits per heavy atom. The monoisotopic (exact) mass is 515 g/mol. The molecule has 0 aliphatic carbocycles. The van der Waals surface area contributed by atoms with Crippen molar-refractivity contribution in [1.29, 1.82) is 0 Å². The van der Waals surface area contributed by atoms with Gasteiger partial charge in [-0.15, -0.1) is 0 Å². The van der Waals surface area contributed by atoms with E-state index in [4.69, 9.17) is 32.7 Å². The largest absolute Gasteiger partial charge is 0.483 e. The third kappa shape index (κ3) is 5.66. The number of ether oxygens (including phenoxy) is 2. The molecule has 1 amide bonds. The molecule has 0 radical (unpaired) electrons. The number of nitrogens with zero attached hydrogens (tertiary/aromatic N) is 2. The molecule has 176 valence electrons. The van der Waals surface area contributed by atoms with Crippen molar-refractivity contribution in [2.75, 3.05) is 31.6 Å². The van der Waals surface area contributed by atoms with Crippen LogP contribution in [0.15, 0.2) is 24.3 Å². The van der Waals surface area contributed by atoms with Crippen LogP contribution < -0.4 is 10.1 Å². The first-order valence-corrected chi connectivity index (χ1v) is 12.0. The number of carbonyl (C=O) groups excluding carboxylic acids is 1. The van der Waals surface area contributed by atoms with Crippen molar-refractivity contribution >= 4 is 56.0 Å². The summed E-state index contributed by atoms with van der Waals surface area (Å²) in [6.45, 7) is 4.61. The van der Waals surface area contributed by atoms with E-state index in [0.29, 0.717) is 16.8 Å². The highest BCUT2D eigenvalue weighted by Crippen LogP contribution is 2.37. The second kappa shape index (κ2) is 10.4. The normalized spacial score (nSPS) is 15.1. The van der Waals surface area contributed by atoms with Crippen LogP contribution in [0.4, 0.5) is 18.7 Å². The van der Waals surface area contributed by atoms with Gasteiger partial charge in [-0.25, -0.2) is 18.6 Å². The summed E-state index contributed by atoms with van der Waals surface area (Å²) in [5, 5.41) is 2.88. The second-order valence-corrected chi connectivity index (χ2v) is 9.41. The van der Waals surface area contributed by atoms with Gasteiger partial charge in [-0.05, 0) is 45.0 Å². The fraction of sp³-hybridized carbons (Fsp3) is 0.364. The molecule has 3 aromatic rings. The topological polar surface area (TPSA) is 63.7 Å². The number of halogens is 4. The fourth-order valence-corrected chi connectivity index (χ4v) is 5.18. The van der Waals surface area contributed by atoms with Gasteiger partial charge < -0.3 is 9.47 Å². The number of likely N-dealkylation sites (tertiary alicyclic amines) is 1. The smallest absolute Gasteiger partial charge is 0.413 e. The highest BCUT2D eigenvalue weighted by molar-refractivity contribution is 7.22. The first-order valence-electron chi connectivity index (χ1n) is 10.4. The molecule has 1 fully saturated rings. The predicted molar refractivity (Wildman–Crippen MR) is 126 cm³/mol. The molecule has 6 nitrogen and oxygen atoms in total. The minimum absolute atomic E-state index is 0.0743. The van der Waals surface area contributed by atoms with Crippen molar-refractivity contribution in [1.82, 2.24) is 9.88 Å². The van der Waals surface area contributed by atoms with E-state index in [1.807, 2.05) is 0 Å². The van der Waals surface area contributed by atoms with E-state index < -0.39 is 23.8 Å². The Labute approximate surface area is 203 Å². The zero-order chi connectivity index (χ0) is 23.5. The molecule has 2 aromatic carbocycles. The zero-order valence-electron chi connectivity index (χ0n) is 17.7. The Hall–Kier alpha value is -2.20. The Balaban J connectivity index is 1.43. The van der Waals surface area contributed by atoms with Crippen LogP contribution in [-0.2, 0) is 4.74 Å². The van der Waals surface area contributed by atoms with Crippen molar-refractivity contribution in [2.24, 2.45) is 0 Å².